The molecule has 3 nitrogen and oxygen atoms in total. The number of hydrogen-bond donors (Lipinski definition) is 0. The molecule has 4 heteroatoms. The van der Waals surface area contributed by atoms with Crippen LogP contribution in [0.25, 0.3) is 0 Å². The van der Waals surface area contributed by atoms with Gasteiger partial charge >= 0.3 is 0 Å². The Morgan fingerprint density at radius 1 is 1.32 bits per heavy atom. The predicted molar refractivity (Wildman–Crippen MR) is 71.9 cm³/mol. The number of halogens is 1. The third kappa shape index (κ3) is 2.72. The van der Waals surface area contributed by atoms with Gasteiger partial charge in [0.15, 0.2) is 0 Å². The van der Waals surface area contributed by atoms with Crippen LogP contribution in [0.4, 0.5) is 4.39 Å². The second kappa shape index (κ2) is 5.59. The van der Waals surface area contributed by atoms with E-state index in [1.54, 1.807) is 0 Å². The van der Waals surface area contributed by atoms with Crippen molar-refractivity contribution in [3.8, 4) is 5.75 Å². The monoisotopic (exact) mass is 265 g/mol. The SMILES string of the molecule is COc1ccc(F)cc1C(=O)N1C(C)CCCC1C. The van der Waals surface area contributed by atoms with E-state index in [1.165, 1.54) is 25.3 Å². The van der Waals surface area contributed by atoms with Crippen molar-refractivity contribution in [3.63, 3.8) is 0 Å². The quantitative estimate of drug-likeness (QED) is 0.821. The van der Waals surface area contributed by atoms with E-state index in [-0.39, 0.29) is 18.0 Å². The van der Waals surface area contributed by atoms with Crippen LogP contribution in [0, 0.1) is 5.82 Å². The molecule has 0 aromatic heterocycles. The van der Waals surface area contributed by atoms with E-state index in [2.05, 4.69) is 0 Å². The minimum absolute atomic E-state index is 0.143. The first kappa shape index (κ1) is 13.8. The third-order valence-electron chi connectivity index (χ3n) is 3.82. The second-order valence-corrected chi connectivity index (χ2v) is 5.19. The minimum atomic E-state index is -0.415. The highest BCUT2D eigenvalue weighted by molar-refractivity contribution is 5.97. The van der Waals surface area contributed by atoms with E-state index in [0.717, 1.165) is 19.3 Å². The molecule has 1 aliphatic heterocycles. The maximum atomic E-state index is 13.4. The lowest BCUT2D eigenvalue weighted by atomic mass is 9.96. The zero-order valence-corrected chi connectivity index (χ0v) is 11.6. The summed E-state index contributed by atoms with van der Waals surface area (Å²) in [5, 5.41) is 0. The molecule has 1 saturated heterocycles. The molecule has 0 saturated carbocycles. The van der Waals surface area contributed by atoms with Crippen LogP contribution in [0.15, 0.2) is 18.2 Å². The van der Waals surface area contributed by atoms with E-state index in [9.17, 15) is 9.18 Å². The lowest BCUT2D eigenvalue weighted by molar-refractivity contribution is 0.0507. The molecule has 2 rings (SSSR count). The number of hydrogen-bond acceptors (Lipinski definition) is 2. The van der Waals surface area contributed by atoms with Crippen LogP contribution >= 0.6 is 0 Å². The van der Waals surface area contributed by atoms with E-state index in [4.69, 9.17) is 4.74 Å². The van der Waals surface area contributed by atoms with E-state index in [0.29, 0.717) is 11.3 Å². The summed E-state index contributed by atoms with van der Waals surface area (Å²) >= 11 is 0. The van der Waals surface area contributed by atoms with E-state index < -0.39 is 5.82 Å². The Kier molecular flexibility index (Phi) is 4.08. The molecule has 1 aromatic carbocycles. The van der Waals surface area contributed by atoms with Crippen LogP contribution in [0.2, 0.25) is 0 Å². The minimum Gasteiger partial charge on any atom is -0.496 e. The second-order valence-electron chi connectivity index (χ2n) is 5.19. The highest BCUT2D eigenvalue weighted by Gasteiger charge is 2.31. The normalized spacial score (nSPS) is 23.3. The van der Waals surface area contributed by atoms with Gasteiger partial charge in [-0.2, -0.15) is 0 Å². The highest BCUT2D eigenvalue weighted by Crippen LogP contribution is 2.28. The van der Waals surface area contributed by atoms with Gasteiger partial charge in [0.05, 0.1) is 12.7 Å². The van der Waals surface area contributed by atoms with Crippen molar-refractivity contribution in [1.29, 1.82) is 0 Å². The first-order valence-corrected chi connectivity index (χ1v) is 6.70. The zero-order chi connectivity index (χ0) is 14.0. The number of benzene rings is 1. The fraction of sp³-hybridized carbons (Fsp3) is 0.533. The van der Waals surface area contributed by atoms with Crippen LogP contribution in [0.3, 0.4) is 0 Å². The summed E-state index contributed by atoms with van der Waals surface area (Å²) in [6.07, 6.45) is 3.12. The summed E-state index contributed by atoms with van der Waals surface area (Å²) in [6, 6.07) is 4.43. The summed E-state index contributed by atoms with van der Waals surface area (Å²) in [7, 11) is 1.49. The third-order valence-corrected chi connectivity index (χ3v) is 3.82. The largest absolute Gasteiger partial charge is 0.496 e. The summed E-state index contributed by atoms with van der Waals surface area (Å²) in [6.45, 7) is 4.08. The number of piperidine rings is 1. The molecule has 0 bridgehead atoms. The Bertz CT molecular complexity index is 465. The summed E-state index contributed by atoms with van der Waals surface area (Å²) in [4.78, 5) is 14.5. The zero-order valence-electron chi connectivity index (χ0n) is 11.6. The fourth-order valence-electron chi connectivity index (χ4n) is 2.81. The first-order chi connectivity index (χ1) is 9.04. The number of methoxy groups -OCH3 is 1. The Hall–Kier alpha value is -1.58. The molecule has 0 aliphatic carbocycles. The lowest BCUT2D eigenvalue weighted by Gasteiger charge is -2.39. The summed E-state index contributed by atoms with van der Waals surface area (Å²) < 4.78 is 18.5. The molecule has 19 heavy (non-hydrogen) atoms. The Morgan fingerprint density at radius 3 is 2.53 bits per heavy atom. The molecule has 1 amide bonds. The molecule has 1 heterocycles. The van der Waals surface area contributed by atoms with Gasteiger partial charge in [0.25, 0.3) is 5.91 Å². The standard InChI is InChI=1S/C15H20FNO2/c1-10-5-4-6-11(2)17(10)15(18)13-9-12(16)7-8-14(13)19-3/h7-11H,4-6H2,1-3H3. The number of nitrogens with zero attached hydrogens (tertiary/aromatic N) is 1. The van der Waals surface area contributed by atoms with Gasteiger partial charge in [0, 0.05) is 12.1 Å². The van der Waals surface area contributed by atoms with Crippen LogP contribution in [-0.2, 0) is 0 Å². The van der Waals surface area contributed by atoms with Crippen LogP contribution in [-0.4, -0.2) is 30.0 Å². The van der Waals surface area contributed by atoms with Gasteiger partial charge in [-0.15, -0.1) is 0 Å². The smallest absolute Gasteiger partial charge is 0.258 e. The molecule has 104 valence electrons. The molecule has 1 aliphatic rings. The maximum absolute atomic E-state index is 13.4. The molecule has 2 unspecified atom stereocenters. The van der Waals surface area contributed by atoms with Crippen molar-refractivity contribution < 1.29 is 13.9 Å². The highest BCUT2D eigenvalue weighted by atomic mass is 19.1. The molecule has 2 atom stereocenters. The van der Waals surface area contributed by atoms with E-state index in [1.807, 2.05) is 18.7 Å². The molecule has 1 fully saturated rings. The fourth-order valence-corrected chi connectivity index (χ4v) is 2.81. The van der Waals surface area contributed by atoms with Gasteiger partial charge < -0.3 is 9.64 Å². The van der Waals surface area contributed by atoms with Crippen molar-refractivity contribution in [2.45, 2.75) is 45.2 Å². The van der Waals surface area contributed by atoms with Gasteiger partial charge in [-0.05, 0) is 51.3 Å². The number of rotatable bonds is 2. The number of carbonyl (C=O) groups excluding carboxylic acids is 1. The molecule has 1 aromatic rings. The number of ether oxygens (including phenoxy) is 1. The van der Waals surface area contributed by atoms with Crippen molar-refractivity contribution in [3.05, 3.63) is 29.6 Å². The average Bonchev–Trinajstić information content (AvgIpc) is 2.38. The molecule has 0 spiro atoms. The van der Waals surface area contributed by atoms with Crippen molar-refractivity contribution in [1.82, 2.24) is 4.90 Å². The molecule has 0 radical (unpaired) electrons. The van der Waals surface area contributed by atoms with Gasteiger partial charge in [-0.3, -0.25) is 4.79 Å². The Labute approximate surface area is 113 Å². The topological polar surface area (TPSA) is 29.5 Å². The van der Waals surface area contributed by atoms with Gasteiger partial charge in [0.1, 0.15) is 11.6 Å². The lowest BCUT2D eigenvalue weighted by Crippen LogP contribution is -2.47. The van der Waals surface area contributed by atoms with Crippen molar-refractivity contribution in [2.75, 3.05) is 7.11 Å². The summed E-state index contributed by atoms with van der Waals surface area (Å²) in [5.41, 5.74) is 0.308. The Balaban J connectivity index is 2.35. The maximum Gasteiger partial charge on any atom is 0.258 e. The number of amides is 1. The Morgan fingerprint density at radius 2 is 1.95 bits per heavy atom. The number of carbonyl (C=O) groups is 1. The molecular formula is C15H20FNO2. The predicted octanol–water partition coefficient (Wildman–Crippen LogP) is 3.24. The van der Waals surface area contributed by atoms with Gasteiger partial charge in [-0.1, -0.05) is 0 Å². The van der Waals surface area contributed by atoms with Crippen molar-refractivity contribution >= 4 is 5.91 Å². The first-order valence-electron chi connectivity index (χ1n) is 6.70. The van der Waals surface area contributed by atoms with Crippen LogP contribution in [0.1, 0.15) is 43.5 Å². The number of likely N-dealkylation sites (tertiary alicyclic amines) is 1. The summed E-state index contributed by atoms with van der Waals surface area (Å²) in [5.74, 6) is -0.131. The van der Waals surface area contributed by atoms with E-state index >= 15 is 0 Å². The average molecular weight is 265 g/mol. The molecular weight excluding hydrogens is 245 g/mol. The van der Waals surface area contributed by atoms with Crippen molar-refractivity contribution in [2.24, 2.45) is 0 Å². The van der Waals surface area contributed by atoms with Gasteiger partial charge in [-0.25, -0.2) is 4.39 Å². The van der Waals surface area contributed by atoms with Crippen LogP contribution < -0.4 is 4.74 Å². The van der Waals surface area contributed by atoms with Gasteiger partial charge in [0.2, 0.25) is 0 Å². The molecule has 0 N–H and O–H groups in total. The van der Waals surface area contributed by atoms with Crippen LogP contribution in [0.5, 0.6) is 5.75 Å².